The van der Waals surface area contributed by atoms with Gasteiger partial charge in [0.2, 0.25) is 0 Å². The Hall–Kier alpha value is -0.700. The Morgan fingerprint density at radius 3 is 2.00 bits per heavy atom. The van der Waals surface area contributed by atoms with Gasteiger partial charge in [0.15, 0.2) is 0 Å². The van der Waals surface area contributed by atoms with Crippen molar-refractivity contribution >= 4 is 0 Å². The second-order valence-electron chi connectivity index (χ2n) is 4.69. The molecule has 0 aromatic rings. The zero-order valence-corrected chi connectivity index (χ0v) is 11.5. The predicted octanol–water partition coefficient (Wildman–Crippen LogP) is 2.83. The van der Waals surface area contributed by atoms with Crippen LogP contribution in [-0.2, 0) is 0 Å². The Bertz CT molecular complexity index is 179. The van der Waals surface area contributed by atoms with Gasteiger partial charge in [-0.1, -0.05) is 27.7 Å². The summed E-state index contributed by atoms with van der Waals surface area (Å²) < 4.78 is 0. The lowest BCUT2D eigenvalue weighted by Crippen LogP contribution is -2.46. The Balaban J connectivity index is 0. The Labute approximate surface area is 95.5 Å². The van der Waals surface area contributed by atoms with Crippen LogP contribution in [0.25, 0.3) is 0 Å². The molecule has 4 N–H and O–H groups in total. The Morgan fingerprint density at radius 2 is 1.73 bits per heavy atom. The third-order valence-corrected chi connectivity index (χ3v) is 1.95. The van der Waals surface area contributed by atoms with E-state index in [1.165, 1.54) is 0 Å². The second-order valence-corrected chi connectivity index (χ2v) is 4.69. The van der Waals surface area contributed by atoms with Crippen LogP contribution < -0.4 is 11.6 Å². The van der Waals surface area contributed by atoms with Gasteiger partial charge in [0.25, 0.3) is 0 Å². The number of rotatable bonds is 4. The Kier molecular flexibility index (Phi) is 8.44. The number of nitrogens with zero attached hydrogens (tertiary/aromatic N) is 1. The van der Waals surface area contributed by atoms with E-state index in [2.05, 4.69) is 27.7 Å². The third-order valence-electron chi connectivity index (χ3n) is 1.95. The third kappa shape index (κ3) is 8.30. The van der Waals surface area contributed by atoms with Crippen LogP contribution in [0.2, 0.25) is 0 Å². The lowest BCUT2D eigenvalue weighted by Gasteiger charge is -2.35. The number of hydrazine groups is 1. The summed E-state index contributed by atoms with van der Waals surface area (Å²) in [7, 11) is 0. The van der Waals surface area contributed by atoms with E-state index >= 15 is 0 Å². The van der Waals surface area contributed by atoms with Crippen molar-refractivity contribution in [2.24, 2.45) is 17.5 Å². The molecule has 0 saturated heterocycles. The molecule has 0 aliphatic carbocycles. The highest BCUT2D eigenvalue weighted by Crippen LogP contribution is 2.21. The minimum atomic E-state index is -0.0329. The van der Waals surface area contributed by atoms with Gasteiger partial charge in [0, 0.05) is 11.9 Å². The minimum Gasteiger partial charge on any atom is -0.401 e. The average molecular weight is 215 g/mol. The number of hydrogen-bond donors (Lipinski definition) is 2. The van der Waals surface area contributed by atoms with Gasteiger partial charge in [-0.25, -0.2) is 5.84 Å². The smallest absolute Gasteiger partial charge is 0.0501 e. The summed E-state index contributed by atoms with van der Waals surface area (Å²) in [5, 5.41) is 1.70. The standard InChI is InChI=1S/C10H23N3.C2H6/c1-8(2)6-10(4,5)13(12)7-9(3)11;1-2/h7-8H,6,11-12H2,1-5H3;1-2H3/b9-7-;. The van der Waals surface area contributed by atoms with E-state index in [9.17, 15) is 0 Å². The molecular formula is C12H29N3. The van der Waals surface area contributed by atoms with Crippen molar-refractivity contribution in [3.63, 3.8) is 0 Å². The van der Waals surface area contributed by atoms with E-state index in [0.717, 1.165) is 12.1 Å². The van der Waals surface area contributed by atoms with Crippen molar-refractivity contribution in [2.45, 2.75) is 60.4 Å². The second kappa shape index (κ2) is 7.57. The first kappa shape index (κ1) is 16.7. The SMILES string of the molecule is C/C(N)=C/N(N)C(C)(C)CC(C)C.CC. The summed E-state index contributed by atoms with van der Waals surface area (Å²) in [6.07, 6.45) is 2.83. The minimum absolute atomic E-state index is 0.0329. The first-order valence-corrected chi connectivity index (χ1v) is 5.73. The fourth-order valence-corrected chi connectivity index (χ4v) is 1.50. The molecule has 0 aliphatic rings. The quantitative estimate of drug-likeness (QED) is 0.560. The normalized spacial score (nSPS) is 12.2. The number of hydrogen-bond acceptors (Lipinski definition) is 3. The Morgan fingerprint density at radius 1 is 1.33 bits per heavy atom. The largest absolute Gasteiger partial charge is 0.401 e. The maximum Gasteiger partial charge on any atom is 0.0501 e. The van der Waals surface area contributed by atoms with Crippen molar-refractivity contribution in [3.8, 4) is 0 Å². The zero-order valence-electron chi connectivity index (χ0n) is 11.5. The first-order valence-electron chi connectivity index (χ1n) is 5.73. The molecule has 0 spiro atoms. The average Bonchev–Trinajstić information content (AvgIpc) is 2.04. The number of allylic oxidation sites excluding steroid dienone is 1. The van der Waals surface area contributed by atoms with Crippen molar-refractivity contribution in [2.75, 3.05) is 0 Å². The highest BCUT2D eigenvalue weighted by molar-refractivity contribution is 4.95. The van der Waals surface area contributed by atoms with Crippen LogP contribution in [0.4, 0.5) is 0 Å². The van der Waals surface area contributed by atoms with Gasteiger partial charge in [-0.2, -0.15) is 0 Å². The van der Waals surface area contributed by atoms with Crippen molar-refractivity contribution in [3.05, 3.63) is 11.9 Å². The van der Waals surface area contributed by atoms with Crippen LogP contribution in [0.3, 0.4) is 0 Å². The summed E-state index contributed by atoms with van der Waals surface area (Å²) >= 11 is 0. The number of nitrogens with two attached hydrogens (primary N) is 2. The molecule has 0 aliphatic heterocycles. The van der Waals surface area contributed by atoms with Crippen molar-refractivity contribution in [1.29, 1.82) is 0 Å². The van der Waals surface area contributed by atoms with Gasteiger partial charge in [-0.15, -0.1) is 0 Å². The van der Waals surface area contributed by atoms with Gasteiger partial charge < -0.3 is 10.7 Å². The molecule has 3 nitrogen and oxygen atoms in total. The molecule has 0 radical (unpaired) electrons. The molecule has 0 atom stereocenters. The molecule has 0 aromatic carbocycles. The maximum absolute atomic E-state index is 5.88. The van der Waals surface area contributed by atoms with Gasteiger partial charge >= 0.3 is 0 Å². The lowest BCUT2D eigenvalue weighted by molar-refractivity contribution is 0.155. The molecule has 0 unspecified atom stereocenters. The van der Waals surface area contributed by atoms with Crippen LogP contribution in [0, 0.1) is 5.92 Å². The van der Waals surface area contributed by atoms with Gasteiger partial charge in [0.05, 0.1) is 5.54 Å². The van der Waals surface area contributed by atoms with Crippen LogP contribution in [0.1, 0.15) is 54.9 Å². The maximum atomic E-state index is 5.88. The first-order chi connectivity index (χ1) is 6.75. The summed E-state index contributed by atoms with van der Waals surface area (Å²) in [6, 6.07) is 0. The monoisotopic (exact) mass is 215 g/mol. The van der Waals surface area contributed by atoms with Crippen LogP contribution >= 0.6 is 0 Å². The van der Waals surface area contributed by atoms with E-state index in [1.54, 1.807) is 11.2 Å². The van der Waals surface area contributed by atoms with Crippen molar-refractivity contribution < 1.29 is 0 Å². The molecule has 0 bridgehead atoms. The van der Waals surface area contributed by atoms with Crippen LogP contribution in [0.15, 0.2) is 11.9 Å². The molecule has 0 aromatic heterocycles. The van der Waals surface area contributed by atoms with Crippen LogP contribution in [-0.4, -0.2) is 10.5 Å². The fraction of sp³-hybridized carbons (Fsp3) is 0.833. The lowest BCUT2D eigenvalue weighted by atomic mass is 9.92. The molecular weight excluding hydrogens is 186 g/mol. The fourth-order valence-electron chi connectivity index (χ4n) is 1.50. The summed E-state index contributed by atoms with van der Waals surface area (Å²) in [6.45, 7) is 14.5. The highest BCUT2D eigenvalue weighted by atomic mass is 15.4. The van der Waals surface area contributed by atoms with E-state index in [0.29, 0.717) is 5.92 Å². The summed E-state index contributed by atoms with van der Waals surface area (Å²) in [5.74, 6) is 6.51. The van der Waals surface area contributed by atoms with E-state index < -0.39 is 0 Å². The van der Waals surface area contributed by atoms with E-state index in [4.69, 9.17) is 11.6 Å². The molecule has 0 amide bonds. The van der Waals surface area contributed by atoms with Crippen molar-refractivity contribution in [1.82, 2.24) is 5.01 Å². The topological polar surface area (TPSA) is 55.3 Å². The van der Waals surface area contributed by atoms with Crippen LogP contribution in [0.5, 0.6) is 0 Å². The van der Waals surface area contributed by atoms with Gasteiger partial charge in [0.1, 0.15) is 0 Å². The van der Waals surface area contributed by atoms with Gasteiger partial charge in [-0.3, -0.25) is 0 Å². The molecule has 15 heavy (non-hydrogen) atoms. The van der Waals surface area contributed by atoms with E-state index in [1.807, 2.05) is 20.8 Å². The molecule has 3 heteroatoms. The highest BCUT2D eigenvalue weighted by Gasteiger charge is 2.23. The molecule has 0 fully saturated rings. The summed E-state index contributed by atoms with van der Waals surface area (Å²) in [5.41, 5.74) is 6.26. The molecule has 0 saturated carbocycles. The molecule has 92 valence electrons. The predicted molar refractivity (Wildman–Crippen MR) is 68.9 cm³/mol. The zero-order chi connectivity index (χ0) is 12.6. The summed E-state index contributed by atoms with van der Waals surface area (Å²) in [4.78, 5) is 0. The van der Waals surface area contributed by atoms with Gasteiger partial charge in [-0.05, 0) is 33.1 Å². The molecule has 0 rings (SSSR count). The molecule has 0 heterocycles. The van der Waals surface area contributed by atoms with E-state index in [-0.39, 0.29) is 5.54 Å².